The number of rotatable bonds is 10. The summed E-state index contributed by atoms with van der Waals surface area (Å²) in [6, 6.07) is 1.77. The molecule has 3 N–H and O–H groups in total. The average molecular weight is 462 g/mol. The summed E-state index contributed by atoms with van der Waals surface area (Å²) in [6.45, 7) is 2.60. The number of hydrogen-bond acceptors (Lipinski definition) is 5. The van der Waals surface area contributed by atoms with Crippen LogP contribution in [-0.2, 0) is 19.1 Å². The van der Waals surface area contributed by atoms with E-state index in [1.807, 2.05) is 0 Å². The van der Waals surface area contributed by atoms with Crippen LogP contribution in [0.15, 0.2) is 18.2 Å². The molecule has 0 spiro atoms. The summed E-state index contributed by atoms with van der Waals surface area (Å²) in [5, 5.41) is 2.30. The van der Waals surface area contributed by atoms with Crippen molar-refractivity contribution in [3.8, 4) is 0 Å². The summed E-state index contributed by atoms with van der Waals surface area (Å²) >= 11 is 0. The number of carbonyl (C=O) groups excluding carboxylic acids is 3. The first-order valence-electron chi connectivity index (χ1n) is 9.93. The van der Waals surface area contributed by atoms with Crippen LogP contribution in [0.25, 0.3) is 0 Å². The first-order valence-corrected chi connectivity index (χ1v) is 9.93. The van der Waals surface area contributed by atoms with E-state index in [9.17, 15) is 31.9 Å². The highest BCUT2D eigenvalue weighted by Crippen LogP contribution is 2.33. The molecule has 0 unspecified atom stereocenters. The predicted octanol–water partition coefficient (Wildman–Crippen LogP) is 2.00. The van der Waals surface area contributed by atoms with Crippen molar-refractivity contribution in [1.29, 1.82) is 0 Å². The van der Waals surface area contributed by atoms with Gasteiger partial charge in [-0.2, -0.15) is 0 Å². The van der Waals surface area contributed by atoms with E-state index in [0.717, 1.165) is 15.9 Å². The molecule has 1 fully saturated rings. The van der Waals surface area contributed by atoms with Crippen LogP contribution in [0.5, 0.6) is 0 Å². The minimum absolute atomic E-state index is 0.00820. The molecule has 0 bridgehead atoms. The highest BCUT2D eigenvalue weighted by atomic mass is 19.3. The van der Waals surface area contributed by atoms with Crippen LogP contribution in [0.3, 0.4) is 0 Å². The van der Waals surface area contributed by atoms with E-state index < -0.39 is 48.7 Å². The molecule has 3 amide bonds. The molecule has 1 heterocycles. The Kier molecular flexibility index (Phi) is 8.96. The van der Waals surface area contributed by atoms with Crippen LogP contribution in [0, 0.1) is 5.92 Å². The molecule has 1 aromatic carbocycles. The number of nitrogens with one attached hydrogen (secondary N) is 1. The summed E-state index contributed by atoms with van der Waals surface area (Å²) < 4.78 is 58.3. The fraction of sp³-hybridized carbons (Fsp3) is 0.550. The quantitative estimate of drug-likeness (QED) is 0.409. The molecule has 178 valence electrons. The van der Waals surface area contributed by atoms with Gasteiger partial charge in [-0.3, -0.25) is 19.3 Å². The molecule has 32 heavy (non-hydrogen) atoms. The highest BCUT2D eigenvalue weighted by molar-refractivity contribution is 6.09. The van der Waals surface area contributed by atoms with Gasteiger partial charge in [0.25, 0.3) is 24.7 Å². The van der Waals surface area contributed by atoms with Gasteiger partial charge in [-0.25, -0.2) is 17.6 Å². The van der Waals surface area contributed by atoms with Crippen molar-refractivity contribution in [2.24, 2.45) is 11.7 Å². The normalized spacial score (nSPS) is 15.7. The zero-order valence-electron chi connectivity index (χ0n) is 17.7. The maximum atomic E-state index is 13.7. The van der Waals surface area contributed by atoms with Gasteiger partial charge in [0.15, 0.2) is 6.04 Å². The minimum Gasteiger partial charge on any atom is -0.370 e. The van der Waals surface area contributed by atoms with Crippen LogP contribution in [0.1, 0.15) is 25.8 Å². The van der Waals surface area contributed by atoms with Crippen molar-refractivity contribution < 1.29 is 36.7 Å². The first kappa shape index (κ1) is 25.5. The van der Waals surface area contributed by atoms with Gasteiger partial charge >= 0.3 is 0 Å². The largest absolute Gasteiger partial charge is 0.370 e. The molecule has 1 aliphatic rings. The Morgan fingerprint density at radius 2 is 1.91 bits per heavy atom. The van der Waals surface area contributed by atoms with Gasteiger partial charge in [-0.1, -0.05) is 13.8 Å². The Hall–Kier alpha value is -2.73. The molecule has 1 atom stereocenters. The Morgan fingerprint density at radius 1 is 1.22 bits per heavy atom. The van der Waals surface area contributed by atoms with Gasteiger partial charge in [0.2, 0.25) is 5.91 Å². The number of benzene rings is 1. The van der Waals surface area contributed by atoms with E-state index in [1.54, 1.807) is 13.8 Å². The SMILES string of the molecule is CC(C)CN(CC(F)F)[C@H](C(N)=O)C(=O)Nc1ccc(N2CCOCC2=O)c(C(F)F)c1. The van der Waals surface area contributed by atoms with E-state index in [2.05, 4.69) is 5.32 Å². The Labute approximate surface area is 182 Å². The molecule has 8 nitrogen and oxygen atoms in total. The Bertz CT molecular complexity index is 828. The number of halogens is 4. The molecular weight excluding hydrogens is 436 g/mol. The zero-order chi connectivity index (χ0) is 24.0. The summed E-state index contributed by atoms with van der Waals surface area (Å²) in [5.74, 6) is -2.80. The predicted molar refractivity (Wildman–Crippen MR) is 109 cm³/mol. The van der Waals surface area contributed by atoms with Crippen LogP contribution in [0.2, 0.25) is 0 Å². The fourth-order valence-electron chi connectivity index (χ4n) is 3.44. The van der Waals surface area contributed by atoms with Gasteiger partial charge in [-0.15, -0.1) is 0 Å². The zero-order valence-corrected chi connectivity index (χ0v) is 17.7. The third-order valence-electron chi connectivity index (χ3n) is 4.66. The first-order chi connectivity index (χ1) is 15.0. The lowest BCUT2D eigenvalue weighted by atomic mass is 10.1. The molecule has 0 saturated carbocycles. The number of alkyl halides is 4. The molecule has 12 heteroatoms. The molecule has 0 aromatic heterocycles. The second-order valence-electron chi connectivity index (χ2n) is 7.71. The smallest absolute Gasteiger partial charge is 0.265 e. The number of anilines is 2. The fourth-order valence-corrected chi connectivity index (χ4v) is 3.44. The molecular formula is C20H26F4N4O4. The molecule has 2 rings (SSSR count). The number of amides is 3. The van der Waals surface area contributed by atoms with E-state index in [4.69, 9.17) is 10.5 Å². The summed E-state index contributed by atoms with van der Waals surface area (Å²) in [7, 11) is 0. The third-order valence-corrected chi connectivity index (χ3v) is 4.66. The van der Waals surface area contributed by atoms with Crippen molar-refractivity contribution in [2.45, 2.75) is 32.7 Å². The Balaban J connectivity index is 2.30. The van der Waals surface area contributed by atoms with Gasteiger partial charge in [-0.05, 0) is 24.1 Å². The van der Waals surface area contributed by atoms with Crippen molar-refractivity contribution in [2.75, 3.05) is 43.1 Å². The van der Waals surface area contributed by atoms with Crippen LogP contribution in [0.4, 0.5) is 28.9 Å². The minimum atomic E-state index is -2.97. The maximum Gasteiger partial charge on any atom is 0.265 e. The van der Waals surface area contributed by atoms with E-state index in [1.165, 1.54) is 12.1 Å². The molecule has 1 aromatic rings. The highest BCUT2D eigenvalue weighted by Gasteiger charge is 2.34. The number of hydrogen-bond donors (Lipinski definition) is 2. The van der Waals surface area contributed by atoms with Crippen molar-refractivity contribution in [3.63, 3.8) is 0 Å². The van der Waals surface area contributed by atoms with Gasteiger partial charge in [0.1, 0.15) is 6.61 Å². The number of nitrogens with two attached hydrogens (primary N) is 1. The lowest BCUT2D eigenvalue weighted by Crippen LogP contribution is -2.54. The number of ether oxygens (including phenoxy) is 1. The topological polar surface area (TPSA) is 105 Å². The summed E-state index contributed by atoms with van der Waals surface area (Å²) in [4.78, 5) is 38.8. The van der Waals surface area contributed by atoms with E-state index in [-0.39, 0.29) is 43.6 Å². The third kappa shape index (κ3) is 6.63. The Morgan fingerprint density at radius 3 is 2.44 bits per heavy atom. The number of carbonyl (C=O) groups is 3. The lowest BCUT2D eigenvalue weighted by molar-refractivity contribution is -0.133. The molecule has 0 radical (unpaired) electrons. The maximum absolute atomic E-state index is 13.7. The van der Waals surface area contributed by atoms with E-state index >= 15 is 0 Å². The van der Waals surface area contributed by atoms with Crippen molar-refractivity contribution in [1.82, 2.24) is 4.90 Å². The number of morpholine rings is 1. The van der Waals surface area contributed by atoms with Crippen LogP contribution < -0.4 is 16.0 Å². The number of primary amides is 1. The average Bonchev–Trinajstić information content (AvgIpc) is 2.67. The summed E-state index contributed by atoms with van der Waals surface area (Å²) in [6.07, 6.45) is -5.79. The number of nitrogens with zero attached hydrogens (tertiary/aromatic N) is 2. The second kappa shape index (κ2) is 11.2. The second-order valence-corrected chi connectivity index (χ2v) is 7.71. The molecule has 1 aliphatic heterocycles. The lowest BCUT2D eigenvalue weighted by Gasteiger charge is -2.30. The van der Waals surface area contributed by atoms with Crippen molar-refractivity contribution >= 4 is 29.1 Å². The van der Waals surface area contributed by atoms with Gasteiger partial charge < -0.3 is 20.7 Å². The van der Waals surface area contributed by atoms with Crippen molar-refractivity contribution in [3.05, 3.63) is 23.8 Å². The standard InChI is InChI=1S/C20H26F4N4O4/c1-11(2)8-27(9-15(21)22)17(19(25)30)20(31)26-12-3-4-14(13(7-12)18(23)24)28-5-6-32-10-16(28)29/h3-4,7,11,15,17-18H,5-6,8-10H2,1-2H3,(H2,25,30)(H,26,31)/t17-/m1/s1. The molecule has 0 aliphatic carbocycles. The van der Waals surface area contributed by atoms with Crippen LogP contribution in [-0.4, -0.2) is 67.9 Å². The van der Waals surface area contributed by atoms with Crippen LogP contribution >= 0.6 is 0 Å². The summed E-state index contributed by atoms with van der Waals surface area (Å²) in [5.41, 5.74) is 4.66. The van der Waals surface area contributed by atoms with E-state index in [0.29, 0.717) is 0 Å². The van der Waals surface area contributed by atoms with Gasteiger partial charge in [0, 0.05) is 24.3 Å². The van der Waals surface area contributed by atoms with Gasteiger partial charge in [0.05, 0.1) is 18.8 Å². The monoisotopic (exact) mass is 462 g/mol. The molecule has 1 saturated heterocycles.